The molecule has 0 fully saturated rings. The third-order valence-electron chi connectivity index (χ3n) is 5.10. The van der Waals surface area contributed by atoms with Crippen molar-refractivity contribution in [3.8, 4) is 0 Å². The lowest BCUT2D eigenvalue weighted by molar-refractivity contribution is -0.115. The van der Waals surface area contributed by atoms with Gasteiger partial charge < -0.3 is 5.32 Å². The number of hydrogen-bond acceptors (Lipinski definition) is 5. The van der Waals surface area contributed by atoms with Gasteiger partial charge in [-0.3, -0.25) is 9.52 Å². The van der Waals surface area contributed by atoms with Crippen LogP contribution >= 0.6 is 23.1 Å². The molecule has 34 heavy (non-hydrogen) atoms. The fourth-order valence-corrected chi connectivity index (χ4v) is 6.49. The lowest BCUT2D eigenvalue weighted by atomic mass is 10.1. The van der Waals surface area contributed by atoms with Crippen molar-refractivity contribution in [2.75, 3.05) is 10.0 Å². The standard InChI is InChI=1S/C26H24N2O3S3/c1-18-10-15-23(19(2)17-18)27-26(29)25(20-7-4-3-5-8-20)33-22-13-11-21(12-14-22)28-34(30,31)24-9-6-16-32-24/h3-17,25,28H,1-2H3,(H,27,29). The largest absolute Gasteiger partial charge is 0.325 e. The smallest absolute Gasteiger partial charge is 0.271 e. The average molecular weight is 509 g/mol. The number of thioether (sulfide) groups is 1. The van der Waals surface area contributed by atoms with E-state index in [4.69, 9.17) is 0 Å². The Balaban J connectivity index is 1.53. The molecule has 1 heterocycles. The van der Waals surface area contributed by atoms with Gasteiger partial charge in [0, 0.05) is 16.3 Å². The highest BCUT2D eigenvalue weighted by Gasteiger charge is 2.23. The topological polar surface area (TPSA) is 75.3 Å². The van der Waals surface area contributed by atoms with Crippen molar-refractivity contribution < 1.29 is 13.2 Å². The van der Waals surface area contributed by atoms with Crippen LogP contribution in [-0.4, -0.2) is 14.3 Å². The van der Waals surface area contributed by atoms with Gasteiger partial charge in [-0.15, -0.1) is 23.1 Å². The zero-order valence-electron chi connectivity index (χ0n) is 18.7. The maximum atomic E-state index is 13.3. The summed E-state index contributed by atoms with van der Waals surface area (Å²) in [5, 5.41) is 4.31. The Bertz CT molecular complexity index is 1370. The monoisotopic (exact) mass is 508 g/mol. The van der Waals surface area contributed by atoms with Crippen LogP contribution in [0.5, 0.6) is 0 Å². The zero-order chi connectivity index (χ0) is 24.1. The number of rotatable bonds is 8. The Morgan fingerprint density at radius 2 is 1.65 bits per heavy atom. The fourth-order valence-electron chi connectivity index (χ4n) is 3.41. The van der Waals surface area contributed by atoms with E-state index in [9.17, 15) is 13.2 Å². The van der Waals surface area contributed by atoms with Gasteiger partial charge in [0.05, 0.1) is 0 Å². The van der Waals surface area contributed by atoms with Crippen LogP contribution < -0.4 is 10.0 Å². The number of nitrogens with one attached hydrogen (secondary N) is 2. The number of sulfonamides is 1. The second-order valence-corrected chi connectivity index (χ2v) is 11.8. The number of amides is 1. The first-order valence-corrected chi connectivity index (χ1v) is 13.8. The van der Waals surface area contributed by atoms with E-state index in [2.05, 4.69) is 10.0 Å². The van der Waals surface area contributed by atoms with Crippen LogP contribution in [0, 0.1) is 13.8 Å². The second-order valence-electron chi connectivity index (χ2n) is 7.78. The Morgan fingerprint density at radius 3 is 2.29 bits per heavy atom. The van der Waals surface area contributed by atoms with E-state index in [1.807, 2.05) is 74.5 Å². The molecule has 4 aromatic rings. The first kappa shape index (κ1) is 24.1. The fraction of sp³-hybridized carbons (Fsp3) is 0.115. The van der Waals surface area contributed by atoms with Crippen LogP contribution in [-0.2, 0) is 14.8 Å². The minimum atomic E-state index is -3.61. The van der Waals surface area contributed by atoms with Gasteiger partial charge in [-0.2, -0.15) is 0 Å². The molecule has 1 aromatic heterocycles. The summed E-state index contributed by atoms with van der Waals surface area (Å²) in [5.74, 6) is -0.120. The van der Waals surface area contributed by atoms with Crippen LogP contribution in [0.15, 0.2) is 99.4 Å². The molecule has 4 rings (SSSR count). The van der Waals surface area contributed by atoms with E-state index < -0.39 is 15.3 Å². The Kier molecular flexibility index (Phi) is 7.41. The van der Waals surface area contributed by atoms with Crippen LogP contribution in [0.1, 0.15) is 21.9 Å². The van der Waals surface area contributed by atoms with Crippen molar-refractivity contribution in [2.24, 2.45) is 0 Å². The van der Waals surface area contributed by atoms with E-state index in [0.717, 1.165) is 38.6 Å². The van der Waals surface area contributed by atoms with E-state index >= 15 is 0 Å². The summed E-state index contributed by atoms with van der Waals surface area (Å²) in [5.41, 5.74) is 4.29. The molecule has 1 atom stereocenters. The molecule has 0 bridgehead atoms. The Hall–Kier alpha value is -3.07. The van der Waals surface area contributed by atoms with Crippen LogP contribution in [0.3, 0.4) is 0 Å². The van der Waals surface area contributed by atoms with Gasteiger partial charge >= 0.3 is 0 Å². The quantitative estimate of drug-likeness (QED) is 0.262. The van der Waals surface area contributed by atoms with Gasteiger partial charge in [0.1, 0.15) is 9.46 Å². The first-order chi connectivity index (χ1) is 16.3. The van der Waals surface area contributed by atoms with E-state index in [-0.39, 0.29) is 10.1 Å². The molecule has 1 unspecified atom stereocenters. The van der Waals surface area contributed by atoms with Gasteiger partial charge in [0.15, 0.2) is 0 Å². The Morgan fingerprint density at radius 1 is 0.912 bits per heavy atom. The molecule has 5 nitrogen and oxygen atoms in total. The first-order valence-electron chi connectivity index (χ1n) is 10.6. The SMILES string of the molecule is Cc1ccc(NC(=O)C(Sc2ccc(NS(=O)(=O)c3cccs3)cc2)c2ccccc2)c(C)c1. The van der Waals surface area contributed by atoms with Crippen molar-refractivity contribution in [3.05, 3.63) is 107 Å². The third kappa shape index (κ3) is 5.88. The van der Waals surface area contributed by atoms with Gasteiger partial charge in [-0.25, -0.2) is 8.42 Å². The van der Waals surface area contributed by atoms with Crippen molar-refractivity contribution in [3.63, 3.8) is 0 Å². The molecule has 8 heteroatoms. The number of hydrogen-bond donors (Lipinski definition) is 2. The molecule has 0 radical (unpaired) electrons. The molecule has 0 aliphatic rings. The number of aryl methyl sites for hydroxylation is 2. The number of carbonyl (C=O) groups is 1. The maximum Gasteiger partial charge on any atom is 0.271 e. The summed E-state index contributed by atoms with van der Waals surface area (Å²) in [7, 11) is -3.61. The number of carbonyl (C=O) groups excluding carboxylic acids is 1. The van der Waals surface area contributed by atoms with E-state index in [1.165, 1.54) is 11.8 Å². The van der Waals surface area contributed by atoms with Gasteiger partial charge in [0.2, 0.25) is 5.91 Å². The van der Waals surface area contributed by atoms with Crippen LogP contribution in [0.2, 0.25) is 0 Å². The second kappa shape index (κ2) is 10.5. The molecule has 0 spiro atoms. The lowest BCUT2D eigenvalue weighted by Crippen LogP contribution is -2.19. The summed E-state index contributed by atoms with van der Waals surface area (Å²) in [6, 6.07) is 25.9. The van der Waals surface area contributed by atoms with Crippen molar-refractivity contribution in [1.82, 2.24) is 0 Å². The highest BCUT2D eigenvalue weighted by molar-refractivity contribution is 8.00. The van der Waals surface area contributed by atoms with Crippen LogP contribution in [0.25, 0.3) is 0 Å². The van der Waals surface area contributed by atoms with Crippen molar-refractivity contribution in [2.45, 2.75) is 28.2 Å². The highest BCUT2D eigenvalue weighted by Crippen LogP contribution is 2.37. The summed E-state index contributed by atoms with van der Waals surface area (Å²) >= 11 is 2.58. The zero-order valence-corrected chi connectivity index (χ0v) is 21.1. The molecule has 0 aliphatic carbocycles. The van der Waals surface area contributed by atoms with Gasteiger partial charge in [-0.05, 0) is 66.8 Å². The highest BCUT2D eigenvalue weighted by atomic mass is 32.2. The van der Waals surface area contributed by atoms with E-state index in [0.29, 0.717) is 5.69 Å². The Labute approximate surface area is 208 Å². The molecule has 1 amide bonds. The van der Waals surface area contributed by atoms with Gasteiger partial charge in [-0.1, -0.05) is 54.1 Å². The molecule has 0 saturated carbocycles. The molecule has 0 saturated heterocycles. The van der Waals surface area contributed by atoms with Gasteiger partial charge in [0.25, 0.3) is 10.0 Å². The van der Waals surface area contributed by atoms with E-state index in [1.54, 1.807) is 29.6 Å². The number of benzene rings is 3. The summed E-state index contributed by atoms with van der Waals surface area (Å²) in [4.78, 5) is 14.2. The molecule has 0 aliphatic heterocycles. The van der Waals surface area contributed by atoms with Crippen molar-refractivity contribution >= 4 is 50.4 Å². The summed E-state index contributed by atoms with van der Waals surface area (Å²) < 4.78 is 27.8. The summed E-state index contributed by atoms with van der Waals surface area (Å²) in [6.07, 6.45) is 0. The molecule has 174 valence electrons. The number of anilines is 2. The molecule has 3 aromatic carbocycles. The molecular weight excluding hydrogens is 484 g/mol. The van der Waals surface area contributed by atoms with Crippen molar-refractivity contribution in [1.29, 1.82) is 0 Å². The van der Waals surface area contributed by atoms with Crippen LogP contribution in [0.4, 0.5) is 11.4 Å². The predicted octanol–water partition coefficient (Wildman–Crippen LogP) is 6.64. The number of thiophene rings is 1. The minimum Gasteiger partial charge on any atom is -0.325 e. The minimum absolute atomic E-state index is 0.120. The lowest BCUT2D eigenvalue weighted by Gasteiger charge is -2.18. The normalized spacial score (nSPS) is 12.2. The average Bonchev–Trinajstić information content (AvgIpc) is 3.37. The summed E-state index contributed by atoms with van der Waals surface area (Å²) in [6.45, 7) is 3.99. The third-order valence-corrected chi connectivity index (χ3v) is 9.15. The maximum absolute atomic E-state index is 13.3. The molecular formula is C26H24N2O3S3. The molecule has 2 N–H and O–H groups in total. The predicted molar refractivity (Wildman–Crippen MR) is 141 cm³/mol.